The number of hydrogen-bond donors (Lipinski definition) is 1. The van der Waals surface area contributed by atoms with Crippen molar-refractivity contribution in [1.82, 2.24) is 19.7 Å². The zero-order valence-electron chi connectivity index (χ0n) is 18.4. The van der Waals surface area contributed by atoms with E-state index in [4.69, 9.17) is 16.3 Å². The number of thioether (sulfide) groups is 1. The number of aryl methyl sites for hydroxylation is 2. The molecule has 0 saturated carbocycles. The van der Waals surface area contributed by atoms with Gasteiger partial charge >= 0.3 is 0 Å². The molecule has 33 heavy (non-hydrogen) atoms. The molecule has 0 bridgehead atoms. The summed E-state index contributed by atoms with van der Waals surface area (Å²) in [6.07, 6.45) is 3.46. The molecule has 2 heterocycles. The lowest BCUT2D eigenvalue weighted by atomic mass is 10.2. The Morgan fingerprint density at radius 1 is 1.12 bits per heavy atom. The number of pyridine rings is 1. The molecule has 0 aliphatic heterocycles. The summed E-state index contributed by atoms with van der Waals surface area (Å²) in [5.74, 6) is 1.12. The number of rotatable bonds is 7. The first-order chi connectivity index (χ1) is 16.0. The fraction of sp³-hybridized carbons (Fsp3) is 0.167. The van der Waals surface area contributed by atoms with Gasteiger partial charge in [-0.1, -0.05) is 41.6 Å². The molecule has 1 amide bonds. The van der Waals surface area contributed by atoms with Crippen molar-refractivity contribution in [2.75, 3.05) is 18.2 Å². The van der Waals surface area contributed by atoms with Gasteiger partial charge in [-0.2, -0.15) is 0 Å². The largest absolute Gasteiger partial charge is 0.495 e. The number of anilines is 1. The van der Waals surface area contributed by atoms with E-state index in [0.717, 1.165) is 22.4 Å². The predicted octanol–water partition coefficient (Wildman–Crippen LogP) is 5.34. The summed E-state index contributed by atoms with van der Waals surface area (Å²) < 4.78 is 7.30. The lowest BCUT2D eigenvalue weighted by Gasteiger charge is -2.14. The number of aromatic nitrogens is 4. The molecule has 0 aliphatic rings. The monoisotopic (exact) mass is 479 g/mol. The van der Waals surface area contributed by atoms with Crippen LogP contribution in [-0.4, -0.2) is 38.5 Å². The molecular weight excluding hydrogens is 458 g/mol. The van der Waals surface area contributed by atoms with E-state index in [-0.39, 0.29) is 11.7 Å². The number of nitrogens with one attached hydrogen (secondary N) is 1. The average molecular weight is 480 g/mol. The Morgan fingerprint density at radius 2 is 1.94 bits per heavy atom. The van der Waals surface area contributed by atoms with Crippen molar-refractivity contribution in [2.45, 2.75) is 19.0 Å². The molecule has 4 aromatic rings. The van der Waals surface area contributed by atoms with Crippen LogP contribution in [0.15, 0.2) is 66.1 Å². The van der Waals surface area contributed by atoms with Gasteiger partial charge in [0.2, 0.25) is 5.91 Å². The van der Waals surface area contributed by atoms with E-state index in [1.54, 1.807) is 24.5 Å². The molecule has 0 fully saturated rings. The summed E-state index contributed by atoms with van der Waals surface area (Å²) in [5.41, 5.74) is 4.27. The average Bonchev–Trinajstić information content (AvgIpc) is 3.24. The van der Waals surface area contributed by atoms with Gasteiger partial charge in [0.25, 0.3) is 0 Å². The zero-order chi connectivity index (χ0) is 23.4. The molecule has 0 saturated heterocycles. The van der Waals surface area contributed by atoms with Crippen molar-refractivity contribution in [3.05, 3.63) is 77.1 Å². The Labute approximate surface area is 201 Å². The highest BCUT2D eigenvalue weighted by Gasteiger charge is 2.19. The summed E-state index contributed by atoms with van der Waals surface area (Å²) in [7, 11) is 1.54. The van der Waals surface area contributed by atoms with Gasteiger partial charge in [-0.3, -0.25) is 14.3 Å². The third-order valence-electron chi connectivity index (χ3n) is 5.00. The summed E-state index contributed by atoms with van der Waals surface area (Å²) in [4.78, 5) is 17.0. The maximum Gasteiger partial charge on any atom is 0.234 e. The van der Waals surface area contributed by atoms with Gasteiger partial charge in [-0.25, -0.2) is 0 Å². The van der Waals surface area contributed by atoms with E-state index >= 15 is 0 Å². The highest BCUT2D eigenvalue weighted by molar-refractivity contribution is 7.99. The van der Waals surface area contributed by atoms with E-state index in [1.807, 2.05) is 54.8 Å². The number of carbonyl (C=O) groups is 1. The number of hydrogen-bond acceptors (Lipinski definition) is 6. The van der Waals surface area contributed by atoms with E-state index in [1.165, 1.54) is 18.9 Å². The topological polar surface area (TPSA) is 81.9 Å². The molecule has 1 N–H and O–H groups in total. The van der Waals surface area contributed by atoms with Crippen molar-refractivity contribution in [3.63, 3.8) is 0 Å². The minimum atomic E-state index is -0.192. The Hall–Kier alpha value is -3.36. The minimum absolute atomic E-state index is 0.141. The van der Waals surface area contributed by atoms with Gasteiger partial charge in [-0.15, -0.1) is 10.2 Å². The predicted molar refractivity (Wildman–Crippen MR) is 131 cm³/mol. The number of methoxy groups -OCH3 is 1. The van der Waals surface area contributed by atoms with Gasteiger partial charge in [0.05, 0.1) is 24.2 Å². The standard InChI is InChI=1S/C24H22ClN5O2S/c1-15-7-4-5-9-20(15)30-23(17-8-6-10-26-13-17)28-29-24(30)33-14-22(31)27-19-11-16(2)18(25)12-21(19)32-3/h4-13H,14H2,1-3H3,(H,27,31). The second-order valence-corrected chi connectivity index (χ2v) is 8.66. The van der Waals surface area contributed by atoms with Crippen LogP contribution in [0.4, 0.5) is 5.69 Å². The van der Waals surface area contributed by atoms with Crippen LogP contribution in [0.2, 0.25) is 5.02 Å². The number of benzene rings is 2. The summed E-state index contributed by atoms with van der Waals surface area (Å²) >= 11 is 7.47. The highest BCUT2D eigenvalue weighted by atomic mass is 35.5. The van der Waals surface area contributed by atoms with E-state index in [9.17, 15) is 4.79 Å². The lowest BCUT2D eigenvalue weighted by Crippen LogP contribution is -2.15. The maximum absolute atomic E-state index is 12.8. The van der Waals surface area contributed by atoms with Crippen molar-refractivity contribution in [3.8, 4) is 22.8 Å². The Balaban J connectivity index is 1.60. The SMILES string of the molecule is COc1cc(Cl)c(C)cc1NC(=O)CSc1nnc(-c2cccnc2)n1-c1ccccc1C. The van der Waals surface area contributed by atoms with Crippen molar-refractivity contribution in [2.24, 2.45) is 0 Å². The molecule has 4 rings (SSSR count). The fourth-order valence-electron chi connectivity index (χ4n) is 3.32. The van der Waals surface area contributed by atoms with Crippen molar-refractivity contribution < 1.29 is 9.53 Å². The number of nitrogens with zero attached hydrogens (tertiary/aromatic N) is 4. The van der Waals surface area contributed by atoms with Crippen LogP contribution in [0.3, 0.4) is 0 Å². The Kier molecular flexibility index (Phi) is 6.96. The highest BCUT2D eigenvalue weighted by Crippen LogP contribution is 2.32. The Morgan fingerprint density at radius 3 is 2.67 bits per heavy atom. The maximum atomic E-state index is 12.8. The van der Waals surface area contributed by atoms with Gasteiger partial charge in [-0.05, 0) is 49.2 Å². The number of halogens is 1. The van der Waals surface area contributed by atoms with Gasteiger partial charge in [0.15, 0.2) is 11.0 Å². The minimum Gasteiger partial charge on any atom is -0.495 e. The van der Waals surface area contributed by atoms with Gasteiger partial charge < -0.3 is 10.1 Å². The van der Waals surface area contributed by atoms with Crippen molar-refractivity contribution in [1.29, 1.82) is 0 Å². The molecule has 2 aromatic carbocycles. The molecule has 2 aromatic heterocycles. The second-order valence-electron chi connectivity index (χ2n) is 7.31. The second kappa shape index (κ2) is 10.1. The Bertz CT molecular complexity index is 1290. The van der Waals surface area contributed by atoms with Crippen LogP contribution in [0.25, 0.3) is 17.1 Å². The third-order valence-corrected chi connectivity index (χ3v) is 6.33. The normalized spacial score (nSPS) is 10.8. The quantitative estimate of drug-likeness (QED) is 0.360. The van der Waals surface area contributed by atoms with Crippen LogP contribution in [0.5, 0.6) is 5.75 Å². The lowest BCUT2D eigenvalue weighted by molar-refractivity contribution is -0.113. The third kappa shape index (κ3) is 5.02. The molecule has 7 nitrogen and oxygen atoms in total. The van der Waals surface area contributed by atoms with Crippen LogP contribution >= 0.6 is 23.4 Å². The molecule has 0 radical (unpaired) electrons. The molecule has 0 unspecified atom stereocenters. The van der Waals surface area contributed by atoms with Crippen LogP contribution in [-0.2, 0) is 4.79 Å². The first-order valence-electron chi connectivity index (χ1n) is 10.2. The number of para-hydroxylation sites is 1. The molecular formula is C24H22ClN5O2S. The molecule has 9 heteroatoms. The zero-order valence-corrected chi connectivity index (χ0v) is 19.9. The van der Waals surface area contributed by atoms with Gasteiger partial charge in [0.1, 0.15) is 5.75 Å². The number of carbonyl (C=O) groups excluding carboxylic acids is 1. The summed E-state index contributed by atoms with van der Waals surface area (Å²) in [5, 5.41) is 12.9. The summed E-state index contributed by atoms with van der Waals surface area (Å²) in [6, 6.07) is 15.2. The molecule has 0 aliphatic carbocycles. The first kappa shape index (κ1) is 22.8. The smallest absolute Gasteiger partial charge is 0.234 e. The molecule has 0 spiro atoms. The van der Waals surface area contributed by atoms with E-state index in [2.05, 4.69) is 20.5 Å². The number of ether oxygens (including phenoxy) is 1. The fourth-order valence-corrected chi connectivity index (χ4v) is 4.22. The number of amides is 1. The first-order valence-corrected chi connectivity index (χ1v) is 11.5. The van der Waals surface area contributed by atoms with Crippen LogP contribution in [0.1, 0.15) is 11.1 Å². The molecule has 0 atom stereocenters. The molecule has 168 valence electrons. The van der Waals surface area contributed by atoms with Gasteiger partial charge in [0, 0.05) is 29.0 Å². The summed E-state index contributed by atoms with van der Waals surface area (Å²) in [6.45, 7) is 3.90. The van der Waals surface area contributed by atoms with E-state index in [0.29, 0.717) is 27.4 Å². The van der Waals surface area contributed by atoms with Crippen LogP contribution in [0, 0.1) is 13.8 Å². The van der Waals surface area contributed by atoms with Crippen LogP contribution < -0.4 is 10.1 Å². The van der Waals surface area contributed by atoms with Crippen molar-refractivity contribution >= 4 is 35.0 Å². The van der Waals surface area contributed by atoms with E-state index < -0.39 is 0 Å².